The van der Waals surface area contributed by atoms with Crippen molar-refractivity contribution in [2.75, 3.05) is 19.5 Å². The van der Waals surface area contributed by atoms with Crippen molar-refractivity contribution < 1.29 is 23.4 Å². The van der Waals surface area contributed by atoms with Gasteiger partial charge in [-0.05, 0) is 18.6 Å². The Hall–Kier alpha value is -2.32. The highest BCUT2D eigenvalue weighted by Gasteiger charge is 2.21. The Bertz CT molecular complexity index is 805. The zero-order valence-corrected chi connectivity index (χ0v) is 14.8. The summed E-state index contributed by atoms with van der Waals surface area (Å²) in [4.78, 5) is 19.4. The molecule has 0 aliphatic heterocycles. The first-order valence-corrected chi connectivity index (χ1v) is 7.84. The number of carbonyl (C=O) groups is 1. The maximum atomic E-state index is 14.5. The summed E-state index contributed by atoms with van der Waals surface area (Å²) in [6.07, 6.45) is -0.405. The minimum atomic E-state index is -1.01. The zero-order valence-electron chi connectivity index (χ0n) is 13.3. The Balaban J connectivity index is 2.45. The van der Waals surface area contributed by atoms with Gasteiger partial charge in [0.05, 0.1) is 24.3 Å². The molecule has 10 heteroatoms. The molecule has 0 fully saturated rings. The topological polar surface area (TPSA) is 96.6 Å². The van der Waals surface area contributed by atoms with Crippen LogP contribution in [-0.4, -0.2) is 29.8 Å². The molecule has 0 spiro atoms. The molecule has 0 bridgehead atoms. The monoisotopic (exact) mass is 389 g/mol. The predicted octanol–water partition coefficient (Wildman–Crippen LogP) is 4.11. The summed E-state index contributed by atoms with van der Waals surface area (Å²) in [6, 6.07) is 2.74. The molecule has 1 heterocycles. The molecular formula is C15H14Cl2FN3O4. The third kappa shape index (κ3) is 4.21. The molecule has 0 aliphatic rings. The molecule has 0 aliphatic carbocycles. The first-order valence-electron chi connectivity index (χ1n) is 7.09. The minimum absolute atomic E-state index is 0.0589. The van der Waals surface area contributed by atoms with Crippen molar-refractivity contribution in [2.24, 2.45) is 0 Å². The maximum absolute atomic E-state index is 14.5. The number of nitrogen functional groups attached to an aromatic ring is 1. The van der Waals surface area contributed by atoms with E-state index in [2.05, 4.69) is 9.97 Å². The fraction of sp³-hybridized carbons (Fsp3) is 0.267. The minimum Gasteiger partial charge on any atom is -0.492 e. The van der Waals surface area contributed by atoms with Gasteiger partial charge in [0.15, 0.2) is 17.4 Å². The van der Waals surface area contributed by atoms with Crippen molar-refractivity contribution in [1.29, 1.82) is 0 Å². The molecule has 0 radical (unpaired) electrons. The number of anilines is 1. The lowest BCUT2D eigenvalue weighted by Crippen LogP contribution is -2.13. The van der Waals surface area contributed by atoms with E-state index in [0.717, 1.165) is 0 Å². The lowest BCUT2D eigenvalue weighted by Gasteiger charge is -2.11. The number of aromatic nitrogens is 2. The van der Waals surface area contributed by atoms with E-state index >= 15 is 0 Å². The smallest absolute Gasteiger partial charge is 0.492 e. The second-order valence-electron chi connectivity index (χ2n) is 4.69. The highest BCUT2D eigenvalue weighted by atomic mass is 35.5. The van der Waals surface area contributed by atoms with E-state index in [9.17, 15) is 9.18 Å². The first-order chi connectivity index (χ1) is 11.9. The van der Waals surface area contributed by atoms with Gasteiger partial charge in [-0.3, -0.25) is 0 Å². The van der Waals surface area contributed by atoms with Gasteiger partial charge in [-0.1, -0.05) is 30.1 Å². The molecule has 2 aromatic rings. The van der Waals surface area contributed by atoms with E-state index < -0.39 is 12.0 Å². The number of halogens is 3. The number of hydrogen-bond acceptors (Lipinski definition) is 7. The van der Waals surface area contributed by atoms with Crippen molar-refractivity contribution in [2.45, 2.75) is 13.3 Å². The number of methoxy groups -OCH3 is 1. The van der Waals surface area contributed by atoms with Crippen LogP contribution < -0.4 is 15.2 Å². The average molecular weight is 390 g/mol. The Morgan fingerprint density at radius 1 is 1.32 bits per heavy atom. The Morgan fingerprint density at radius 3 is 2.68 bits per heavy atom. The van der Waals surface area contributed by atoms with Crippen LogP contribution >= 0.6 is 23.2 Å². The molecule has 2 N–H and O–H groups in total. The SMILES string of the molecule is CCCOC(=O)Oc1nc(-c2ccc(Cl)c(OC)c2F)nc(N)c1Cl. The summed E-state index contributed by atoms with van der Waals surface area (Å²) in [5.41, 5.74) is 5.63. The van der Waals surface area contributed by atoms with E-state index in [-0.39, 0.29) is 45.5 Å². The summed E-state index contributed by atoms with van der Waals surface area (Å²) in [5, 5.41) is -0.121. The van der Waals surface area contributed by atoms with Crippen molar-refractivity contribution in [3.63, 3.8) is 0 Å². The molecule has 134 valence electrons. The Morgan fingerprint density at radius 2 is 2.04 bits per heavy atom. The van der Waals surface area contributed by atoms with Crippen LogP contribution in [-0.2, 0) is 4.74 Å². The van der Waals surface area contributed by atoms with Crippen molar-refractivity contribution in [3.8, 4) is 23.0 Å². The van der Waals surface area contributed by atoms with Gasteiger partial charge in [-0.25, -0.2) is 14.2 Å². The van der Waals surface area contributed by atoms with E-state index in [0.29, 0.717) is 6.42 Å². The third-order valence-corrected chi connectivity index (χ3v) is 3.60. The highest BCUT2D eigenvalue weighted by Crippen LogP contribution is 2.36. The molecule has 0 amide bonds. The Kier molecular flexibility index (Phi) is 6.22. The summed E-state index contributed by atoms with van der Waals surface area (Å²) in [6.45, 7) is 1.98. The van der Waals surface area contributed by atoms with Crippen molar-refractivity contribution in [3.05, 3.63) is 28.0 Å². The third-order valence-electron chi connectivity index (χ3n) is 2.94. The molecule has 7 nitrogen and oxygen atoms in total. The molecule has 0 saturated heterocycles. The van der Waals surface area contributed by atoms with Crippen LogP contribution in [0, 0.1) is 5.82 Å². The number of nitrogens with zero attached hydrogens (tertiary/aromatic N) is 2. The van der Waals surface area contributed by atoms with Crippen LogP contribution in [0.3, 0.4) is 0 Å². The van der Waals surface area contributed by atoms with Crippen LogP contribution in [0.1, 0.15) is 13.3 Å². The number of hydrogen-bond donors (Lipinski definition) is 1. The van der Waals surface area contributed by atoms with Crippen LogP contribution in [0.4, 0.5) is 15.0 Å². The fourth-order valence-electron chi connectivity index (χ4n) is 1.82. The molecular weight excluding hydrogens is 376 g/mol. The van der Waals surface area contributed by atoms with Gasteiger partial charge >= 0.3 is 6.16 Å². The molecule has 0 unspecified atom stereocenters. The fourth-order valence-corrected chi connectivity index (χ4v) is 2.16. The van der Waals surface area contributed by atoms with Crippen LogP contribution in [0.15, 0.2) is 12.1 Å². The number of ether oxygens (including phenoxy) is 3. The van der Waals surface area contributed by atoms with Crippen LogP contribution in [0.5, 0.6) is 11.6 Å². The normalized spacial score (nSPS) is 10.4. The number of benzene rings is 1. The number of carbonyl (C=O) groups excluding carboxylic acids is 1. The number of nitrogens with two attached hydrogens (primary N) is 1. The second kappa shape index (κ2) is 8.17. The summed E-state index contributed by atoms with van der Waals surface area (Å²) < 4.78 is 29.1. The van der Waals surface area contributed by atoms with Gasteiger partial charge < -0.3 is 19.9 Å². The van der Waals surface area contributed by atoms with Gasteiger partial charge in [0, 0.05) is 0 Å². The van der Waals surface area contributed by atoms with Crippen molar-refractivity contribution >= 4 is 35.2 Å². The molecule has 25 heavy (non-hydrogen) atoms. The highest BCUT2D eigenvalue weighted by molar-refractivity contribution is 6.34. The van der Waals surface area contributed by atoms with Gasteiger partial charge in [0.2, 0.25) is 0 Å². The molecule has 1 aromatic heterocycles. The quantitative estimate of drug-likeness (QED) is 0.768. The molecule has 2 rings (SSSR count). The van der Waals surface area contributed by atoms with Crippen molar-refractivity contribution in [1.82, 2.24) is 9.97 Å². The van der Waals surface area contributed by atoms with Gasteiger partial charge in [-0.2, -0.15) is 4.98 Å². The summed E-state index contributed by atoms with van der Waals surface area (Å²) in [5.74, 6) is -1.68. The molecule has 0 atom stereocenters. The lowest BCUT2D eigenvalue weighted by molar-refractivity contribution is 0.0977. The lowest BCUT2D eigenvalue weighted by atomic mass is 10.2. The first kappa shape index (κ1) is 19.0. The standard InChI is InChI=1S/C15H14Cl2FN3O4/c1-3-6-24-15(22)25-14-9(17)12(19)20-13(21-14)7-4-5-8(16)11(23-2)10(7)18/h4-5H,3,6H2,1-2H3,(H2,19,20,21). The van der Waals surface area contributed by atoms with E-state index in [1.54, 1.807) is 0 Å². The number of rotatable bonds is 5. The second-order valence-corrected chi connectivity index (χ2v) is 5.48. The van der Waals surface area contributed by atoms with Crippen LogP contribution in [0.2, 0.25) is 10.0 Å². The zero-order chi connectivity index (χ0) is 18.6. The molecule has 1 aromatic carbocycles. The van der Waals surface area contributed by atoms with Gasteiger partial charge in [0.1, 0.15) is 10.8 Å². The largest absolute Gasteiger partial charge is 0.515 e. The molecule has 0 saturated carbocycles. The van der Waals surface area contributed by atoms with Crippen LogP contribution in [0.25, 0.3) is 11.4 Å². The Labute approximate surface area is 152 Å². The van der Waals surface area contributed by atoms with Gasteiger partial charge in [-0.15, -0.1) is 0 Å². The summed E-state index contributed by atoms with van der Waals surface area (Å²) in [7, 11) is 1.27. The predicted molar refractivity (Wildman–Crippen MR) is 90.7 cm³/mol. The van der Waals surface area contributed by atoms with E-state index in [1.807, 2.05) is 6.92 Å². The average Bonchev–Trinajstić information content (AvgIpc) is 2.57. The maximum Gasteiger partial charge on any atom is 0.515 e. The van der Waals surface area contributed by atoms with E-state index in [4.69, 9.17) is 43.1 Å². The van der Waals surface area contributed by atoms with E-state index in [1.165, 1.54) is 19.2 Å². The van der Waals surface area contributed by atoms with Gasteiger partial charge in [0.25, 0.3) is 5.88 Å². The summed E-state index contributed by atoms with van der Waals surface area (Å²) >= 11 is 11.8.